The lowest BCUT2D eigenvalue weighted by atomic mass is 10.3. The number of hydrogen-bond donors (Lipinski definition) is 1. The van der Waals surface area contributed by atoms with E-state index >= 15 is 0 Å². The first kappa shape index (κ1) is 12.5. The molecule has 16 heavy (non-hydrogen) atoms. The minimum absolute atomic E-state index is 0.232. The van der Waals surface area contributed by atoms with Crippen LogP contribution >= 0.6 is 0 Å². The molecule has 90 valence electrons. The average Bonchev–Trinajstić information content (AvgIpc) is 2.61. The van der Waals surface area contributed by atoms with Crippen LogP contribution in [0.5, 0.6) is 0 Å². The van der Waals surface area contributed by atoms with Gasteiger partial charge < -0.3 is 14.5 Å². The van der Waals surface area contributed by atoms with Crippen molar-refractivity contribution in [3.63, 3.8) is 0 Å². The van der Waals surface area contributed by atoms with E-state index < -0.39 is 5.97 Å². The summed E-state index contributed by atoms with van der Waals surface area (Å²) in [7, 11) is 0. The molecule has 1 aromatic rings. The van der Waals surface area contributed by atoms with E-state index in [4.69, 9.17) is 9.15 Å². The van der Waals surface area contributed by atoms with Crippen LogP contribution in [0, 0.1) is 6.92 Å². The Morgan fingerprint density at radius 3 is 2.88 bits per heavy atom. The van der Waals surface area contributed by atoms with Gasteiger partial charge >= 0.3 is 5.97 Å². The Labute approximate surface area is 95.2 Å². The zero-order valence-electron chi connectivity index (χ0n) is 10.0. The normalized spacial score (nSPS) is 10.2. The third-order valence-corrected chi connectivity index (χ3v) is 2.02. The molecule has 0 aliphatic carbocycles. The predicted molar refractivity (Wildman–Crippen MR) is 60.6 cm³/mol. The molecule has 5 nitrogen and oxygen atoms in total. The van der Waals surface area contributed by atoms with Crippen molar-refractivity contribution >= 4 is 11.9 Å². The number of aryl methyl sites for hydroxylation is 1. The van der Waals surface area contributed by atoms with E-state index in [1.165, 1.54) is 0 Å². The first-order valence-electron chi connectivity index (χ1n) is 5.57. The number of carbonyl (C=O) groups excluding carboxylic acids is 1. The van der Waals surface area contributed by atoms with Crippen LogP contribution in [0.25, 0.3) is 0 Å². The number of rotatable bonds is 6. The number of carbonyl (C=O) groups is 1. The van der Waals surface area contributed by atoms with Crippen molar-refractivity contribution in [1.82, 2.24) is 4.98 Å². The number of esters is 1. The second-order valence-electron chi connectivity index (χ2n) is 3.41. The molecule has 1 N–H and O–H groups in total. The summed E-state index contributed by atoms with van der Waals surface area (Å²) in [4.78, 5) is 15.5. The molecular weight excluding hydrogens is 208 g/mol. The van der Waals surface area contributed by atoms with Crippen molar-refractivity contribution in [1.29, 1.82) is 0 Å². The Morgan fingerprint density at radius 2 is 2.25 bits per heavy atom. The van der Waals surface area contributed by atoms with Gasteiger partial charge in [-0.2, -0.15) is 0 Å². The summed E-state index contributed by atoms with van der Waals surface area (Å²) in [5.74, 6) is 0.421. The molecule has 0 aromatic carbocycles. The third-order valence-electron chi connectivity index (χ3n) is 2.02. The quantitative estimate of drug-likeness (QED) is 0.596. The maximum absolute atomic E-state index is 11.5. The maximum Gasteiger partial charge on any atom is 0.362 e. The average molecular weight is 226 g/mol. The van der Waals surface area contributed by atoms with Crippen LogP contribution < -0.4 is 5.32 Å². The third kappa shape index (κ3) is 3.25. The van der Waals surface area contributed by atoms with Gasteiger partial charge in [0.25, 0.3) is 0 Å². The molecule has 5 heteroatoms. The highest BCUT2D eigenvalue weighted by molar-refractivity contribution is 5.92. The van der Waals surface area contributed by atoms with Crippen LogP contribution in [0.3, 0.4) is 0 Å². The standard InChI is InChI=1S/C11H18N2O3/c1-4-6-7-12-10-9(11(14)15-5-2)13-8(3)16-10/h12H,4-7H2,1-3H3. The first-order chi connectivity index (χ1) is 7.69. The van der Waals surface area contributed by atoms with Crippen molar-refractivity contribution in [2.45, 2.75) is 33.6 Å². The zero-order valence-corrected chi connectivity index (χ0v) is 10.0. The highest BCUT2D eigenvalue weighted by atomic mass is 16.5. The van der Waals surface area contributed by atoms with Gasteiger partial charge in [0.2, 0.25) is 11.6 Å². The van der Waals surface area contributed by atoms with Crippen molar-refractivity contribution in [3.05, 3.63) is 11.6 Å². The molecular formula is C11H18N2O3. The summed E-state index contributed by atoms with van der Waals surface area (Å²) in [5, 5.41) is 3.04. The van der Waals surface area contributed by atoms with Gasteiger partial charge in [0.15, 0.2) is 5.89 Å². The summed E-state index contributed by atoms with van der Waals surface area (Å²) >= 11 is 0. The van der Waals surface area contributed by atoms with Crippen molar-refractivity contribution in [3.8, 4) is 0 Å². The van der Waals surface area contributed by atoms with E-state index in [9.17, 15) is 4.79 Å². The Hall–Kier alpha value is -1.52. The number of hydrogen-bond acceptors (Lipinski definition) is 5. The second-order valence-corrected chi connectivity index (χ2v) is 3.41. The highest BCUT2D eigenvalue weighted by Gasteiger charge is 2.19. The Bertz CT molecular complexity index is 347. The Balaban J connectivity index is 2.70. The fourth-order valence-corrected chi connectivity index (χ4v) is 1.26. The number of aromatic nitrogens is 1. The first-order valence-corrected chi connectivity index (χ1v) is 5.57. The lowest BCUT2D eigenvalue weighted by molar-refractivity contribution is 0.0521. The molecule has 0 fully saturated rings. The Kier molecular flexibility index (Phi) is 4.82. The molecule has 0 radical (unpaired) electrons. The lowest BCUT2D eigenvalue weighted by Gasteiger charge is -2.03. The van der Waals surface area contributed by atoms with Crippen molar-refractivity contribution < 1.29 is 13.9 Å². The van der Waals surface area contributed by atoms with Gasteiger partial charge in [-0.05, 0) is 13.3 Å². The summed E-state index contributed by atoms with van der Waals surface area (Å²) in [6.45, 7) is 6.65. The van der Waals surface area contributed by atoms with Gasteiger partial charge in [-0.15, -0.1) is 0 Å². The largest absolute Gasteiger partial charge is 0.461 e. The van der Waals surface area contributed by atoms with Crippen LogP contribution in [0.4, 0.5) is 5.88 Å². The van der Waals surface area contributed by atoms with Gasteiger partial charge in [-0.3, -0.25) is 0 Å². The minimum atomic E-state index is -0.446. The number of nitrogens with zero attached hydrogens (tertiary/aromatic N) is 1. The summed E-state index contributed by atoms with van der Waals surface area (Å²) in [6.07, 6.45) is 2.09. The van der Waals surface area contributed by atoms with E-state index in [0.29, 0.717) is 18.4 Å². The molecule has 0 atom stereocenters. The van der Waals surface area contributed by atoms with Gasteiger partial charge in [-0.1, -0.05) is 13.3 Å². The molecule has 0 spiro atoms. The number of nitrogens with one attached hydrogen (secondary N) is 1. The van der Waals surface area contributed by atoms with Gasteiger partial charge in [0, 0.05) is 13.5 Å². The summed E-state index contributed by atoms with van der Waals surface area (Å²) < 4.78 is 10.2. The molecule has 0 saturated carbocycles. The highest BCUT2D eigenvalue weighted by Crippen LogP contribution is 2.17. The van der Waals surface area contributed by atoms with Crippen LogP contribution in [0.1, 0.15) is 43.1 Å². The van der Waals surface area contributed by atoms with Crippen molar-refractivity contribution in [2.24, 2.45) is 0 Å². The fourth-order valence-electron chi connectivity index (χ4n) is 1.26. The Morgan fingerprint density at radius 1 is 1.50 bits per heavy atom. The topological polar surface area (TPSA) is 64.4 Å². The van der Waals surface area contributed by atoms with Crippen LogP contribution in [-0.2, 0) is 4.74 Å². The number of unbranched alkanes of at least 4 members (excludes halogenated alkanes) is 1. The SMILES string of the molecule is CCCCNc1oc(C)nc1C(=O)OCC. The van der Waals surface area contributed by atoms with E-state index in [1.807, 2.05) is 0 Å². The van der Waals surface area contributed by atoms with Crippen LogP contribution in [0.15, 0.2) is 4.42 Å². The maximum atomic E-state index is 11.5. The van der Waals surface area contributed by atoms with Crippen molar-refractivity contribution in [2.75, 3.05) is 18.5 Å². The van der Waals surface area contributed by atoms with E-state index in [-0.39, 0.29) is 5.69 Å². The smallest absolute Gasteiger partial charge is 0.362 e. The van der Waals surface area contributed by atoms with Crippen LogP contribution in [0.2, 0.25) is 0 Å². The fraction of sp³-hybridized carbons (Fsp3) is 0.636. The lowest BCUT2D eigenvalue weighted by Crippen LogP contribution is -2.10. The predicted octanol–water partition coefficient (Wildman–Crippen LogP) is 2.37. The zero-order chi connectivity index (χ0) is 12.0. The number of anilines is 1. The summed E-state index contributed by atoms with van der Waals surface area (Å²) in [6, 6.07) is 0. The van der Waals surface area contributed by atoms with Gasteiger partial charge in [-0.25, -0.2) is 9.78 Å². The monoisotopic (exact) mass is 226 g/mol. The molecule has 0 aliphatic heterocycles. The summed E-state index contributed by atoms with van der Waals surface area (Å²) in [5.41, 5.74) is 0.232. The molecule has 1 heterocycles. The molecule has 0 saturated heterocycles. The van der Waals surface area contributed by atoms with Gasteiger partial charge in [0.05, 0.1) is 6.61 Å². The second kappa shape index (κ2) is 6.15. The molecule has 1 rings (SSSR count). The molecule has 0 aliphatic rings. The number of ether oxygens (including phenoxy) is 1. The molecule has 0 unspecified atom stereocenters. The van der Waals surface area contributed by atoms with E-state index in [0.717, 1.165) is 19.4 Å². The molecule has 0 bridgehead atoms. The molecule has 1 aromatic heterocycles. The van der Waals surface area contributed by atoms with Gasteiger partial charge in [0.1, 0.15) is 0 Å². The molecule has 0 amide bonds. The van der Waals surface area contributed by atoms with E-state index in [1.54, 1.807) is 13.8 Å². The minimum Gasteiger partial charge on any atom is -0.461 e. The van der Waals surface area contributed by atoms with E-state index in [2.05, 4.69) is 17.2 Å². The van der Waals surface area contributed by atoms with Crippen LogP contribution in [-0.4, -0.2) is 24.1 Å². The number of oxazole rings is 1.